The predicted octanol–water partition coefficient (Wildman–Crippen LogP) is 5.79. The van der Waals surface area contributed by atoms with Crippen LogP contribution in [-0.4, -0.2) is 60.3 Å². The molecule has 7 heteroatoms. The average Bonchev–Trinajstić information content (AvgIpc) is 3.42. The molecule has 1 amide bonds. The number of carbonyl (C=O) groups excluding carboxylic acids is 1. The van der Waals surface area contributed by atoms with E-state index in [4.69, 9.17) is 21.1 Å². The summed E-state index contributed by atoms with van der Waals surface area (Å²) in [5.74, 6) is 0.853. The Balaban J connectivity index is 1.40. The largest absolute Gasteiger partial charge is 0.494 e. The van der Waals surface area contributed by atoms with Crippen molar-refractivity contribution in [3.8, 4) is 5.75 Å². The molecule has 2 aliphatic heterocycles. The molecular formula is C27H32ClN3O3. The van der Waals surface area contributed by atoms with E-state index in [-0.39, 0.29) is 12.1 Å². The Bertz CT molecular complexity index is 1160. The van der Waals surface area contributed by atoms with Crippen LogP contribution in [0.15, 0.2) is 42.5 Å². The van der Waals surface area contributed by atoms with Crippen LogP contribution in [0.4, 0.5) is 4.79 Å². The van der Waals surface area contributed by atoms with E-state index in [1.54, 1.807) is 0 Å². The van der Waals surface area contributed by atoms with E-state index in [1.165, 1.54) is 24.9 Å². The molecule has 0 bridgehead atoms. The predicted molar refractivity (Wildman–Crippen MR) is 135 cm³/mol. The molecule has 2 unspecified atom stereocenters. The fraction of sp³-hybridized carbons (Fsp3) is 0.444. The number of fused-ring (bicyclic) bond motifs is 3. The van der Waals surface area contributed by atoms with Crippen molar-refractivity contribution in [2.75, 3.05) is 33.4 Å². The summed E-state index contributed by atoms with van der Waals surface area (Å²) < 4.78 is 11.4. The van der Waals surface area contributed by atoms with Crippen molar-refractivity contribution in [1.29, 1.82) is 0 Å². The van der Waals surface area contributed by atoms with Crippen molar-refractivity contribution in [1.82, 2.24) is 14.8 Å². The number of rotatable bonds is 6. The standard InChI is InChI=1S/C27H32ClN3O3/c1-3-33-27(32)31-15-12-22-23-17-19(28)8-11-24(23)29-25(22)26(31)18-6-9-21(10-7-18)34-16-13-20-5-4-14-30(20)2/h6-11,17,20,26,29H,3-5,12-16H2,1-2H3. The van der Waals surface area contributed by atoms with Crippen LogP contribution >= 0.6 is 11.6 Å². The summed E-state index contributed by atoms with van der Waals surface area (Å²) in [6.45, 7) is 4.66. The number of halogens is 1. The van der Waals surface area contributed by atoms with Gasteiger partial charge in [-0.2, -0.15) is 0 Å². The maximum Gasteiger partial charge on any atom is 0.410 e. The number of ether oxygens (including phenoxy) is 2. The summed E-state index contributed by atoms with van der Waals surface area (Å²) in [6, 6.07) is 14.4. The van der Waals surface area contributed by atoms with Crippen LogP contribution < -0.4 is 4.74 Å². The number of carbonyl (C=O) groups is 1. The minimum atomic E-state index is -0.296. The highest BCUT2D eigenvalue weighted by atomic mass is 35.5. The van der Waals surface area contributed by atoms with Crippen molar-refractivity contribution in [2.24, 2.45) is 0 Å². The first-order valence-electron chi connectivity index (χ1n) is 12.2. The van der Waals surface area contributed by atoms with Crippen LogP contribution in [0.3, 0.4) is 0 Å². The topological polar surface area (TPSA) is 57.8 Å². The Kier molecular flexibility index (Phi) is 6.70. The van der Waals surface area contributed by atoms with Crippen LogP contribution in [0.25, 0.3) is 10.9 Å². The minimum Gasteiger partial charge on any atom is -0.494 e. The SMILES string of the molecule is CCOC(=O)N1CCc2c([nH]c3ccc(Cl)cc23)C1c1ccc(OCCC2CCCN2C)cc1. The monoisotopic (exact) mass is 481 g/mol. The van der Waals surface area contributed by atoms with Gasteiger partial charge in [-0.25, -0.2) is 4.79 Å². The van der Waals surface area contributed by atoms with Crippen molar-refractivity contribution in [3.05, 3.63) is 64.3 Å². The van der Waals surface area contributed by atoms with Gasteiger partial charge in [0.1, 0.15) is 11.8 Å². The molecule has 180 valence electrons. The van der Waals surface area contributed by atoms with Crippen LogP contribution in [0, 0.1) is 0 Å². The first-order valence-corrected chi connectivity index (χ1v) is 12.6. The lowest BCUT2D eigenvalue weighted by atomic mass is 9.92. The second-order valence-electron chi connectivity index (χ2n) is 9.23. The van der Waals surface area contributed by atoms with Gasteiger partial charge in [0.05, 0.1) is 13.2 Å². The van der Waals surface area contributed by atoms with Gasteiger partial charge < -0.3 is 19.4 Å². The third kappa shape index (κ3) is 4.49. The number of likely N-dealkylation sites (tertiary alicyclic amines) is 1. The van der Waals surface area contributed by atoms with Crippen molar-refractivity contribution < 1.29 is 14.3 Å². The molecule has 0 aliphatic carbocycles. The lowest BCUT2D eigenvalue weighted by Crippen LogP contribution is -2.40. The molecule has 6 nitrogen and oxygen atoms in total. The number of benzene rings is 2. The number of hydrogen-bond donors (Lipinski definition) is 1. The van der Waals surface area contributed by atoms with Crippen molar-refractivity contribution >= 4 is 28.6 Å². The molecule has 3 aromatic rings. The van der Waals surface area contributed by atoms with Crippen LogP contribution in [0.1, 0.15) is 49.0 Å². The molecule has 2 atom stereocenters. The molecule has 34 heavy (non-hydrogen) atoms. The molecule has 0 radical (unpaired) electrons. The van der Waals surface area contributed by atoms with E-state index in [9.17, 15) is 4.79 Å². The minimum absolute atomic E-state index is 0.254. The van der Waals surface area contributed by atoms with Gasteiger partial charge in [0.15, 0.2) is 0 Å². The number of aromatic amines is 1. The smallest absolute Gasteiger partial charge is 0.410 e. The molecule has 2 aliphatic rings. The quantitative estimate of drug-likeness (QED) is 0.484. The molecule has 1 saturated heterocycles. The number of amides is 1. The van der Waals surface area contributed by atoms with Gasteiger partial charge in [-0.05, 0) is 87.7 Å². The Hall–Kier alpha value is -2.70. The third-order valence-corrected chi connectivity index (χ3v) is 7.41. The Morgan fingerprint density at radius 1 is 1.18 bits per heavy atom. The van der Waals surface area contributed by atoms with Gasteiger partial charge in [0.2, 0.25) is 0 Å². The summed E-state index contributed by atoms with van der Waals surface area (Å²) in [5.41, 5.74) is 4.29. The lowest BCUT2D eigenvalue weighted by Gasteiger charge is -2.35. The van der Waals surface area contributed by atoms with E-state index >= 15 is 0 Å². The molecule has 5 rings (SSSR count). The first-order chi connectivity index (χ1) is 16.5. The highest BCUT2D eigenvalue weighted by Gasteiger charge is 2.35. The fourth-order valence-electron chi connectivity index (χ4n) is 5.41. The van der Waals surface area contributed by atoms with E-state index < -0.39 is 0 Å². The Morgan fingerprint density at radius 3 is 2.74 bits per heavy atom. The molecule has 1 aromatic heterocycles. The normalized spacial score (nSPS) is 20.5. The summed E-state index contributed by atoms with van der Waals surface area (Å²) in [5, 5.41) is 1.83. The highest BCUT2D eigenvalue weighted by molar-refractivity contribution is 6.31. The van der Waals surface area contributed by atoms with Crippen molar-refractivity contribution in [3.63, 3.8) is 0 Å². The number of H-pyrrole nitrogens is 1. The zero-order valence-corrected chi connectivity index (χ0v) is 20.6. The van der Waals surface area contributed by atoms with Gasteiger partial charge >= 0.3 is 6.09 Å². The Labute approximate surface area is 205 Å². The number of hydrogen-bond acceptors (Lipinski definition) is 4. The average molecular weight is 482 g/mol. The van der Waals surface area contributed by atoms with Crippen molar-refractivity contribution in [2.45, 2.75) is 44.7 Å². The van der Waals surface area contributed by atoms with Crippen LogP contribution in [0.5, 0.6) is 5.75 Å². The van der Waals surface area contributed by atoms with E-state index in [2.05, 4.69) is 29.1 Å². The van der Waals surface area contributed by atoms with Gasteiger partial charge in [-0.3, -0.25) is 4.90 Å². The van der Waals surface area contributed by atoms with E-state index in [1.807, 2.05) is 42.2 Å². The van der Waals surface area contributed by atoms with Crippen LogP contribution in [-0.2, 0) is 11.2 Å². The molecule has 1 fully saturated rings. The lowest BCUT2D eigenvalue weighted by molar-refractivity contribution is 0.0932. The maximum atomic E-state index is 12.9. The number of nitrogens with one attached hydrogen (secondary N) is 1. The van der Waals surface area contributed by atoms with Gasteiger partial charge in [-0.15, -0.1) is 0 Å². The number of nitrogens with zero attached hydrogens (tertiary/aromatic N) is 2. The third-order valence-electron chi connectivity index (χ3n) is 7.18. The summed E-state index contributed by atoms with van der Waals surface area (Å²) in [4.78, 5) is 20.7. The molecule has 0 saturated carbocycles. The summed E-state index contributed by atoms with van der Waals surface area (Å²) in [7, 11) is 2.19. The zero-order chi connectivity index (χ0) is 23.7. The maximum absolute atomic E-state index is 12.9. The second kappa shape index (κ2) is 9.88. The summed E-state index contributed by atoms with van der Waals surface area (Å²) in [6.07, 6.45) is 4.02. The van der Waals surface area contributed by atoms with Gasteiger partial charge in [0, 0.05) is 34.2 Å². The van der Waals surface area contributed by atoms with E-state index in [0.29, 0.717) is 30.8 Å². The van der Waals surface area contributed by atoms with Gasteiger partial charge in [-0.1, -0.05) is 23.7 Å². The molecule has 3 heterocycles. The van der Waals surface area contributed by atoms with E-state index in [0.717, 1.165) is 40.8 Å². The first kappa shape index (κ1) is 23.1. The molecular weight excluding hydrogens is 450 g/mol. The zero-order valence-electron chi connectivity index (χ0n) is 19.9. The van der Waals surface area contributed by atoms with Crippen LogP contribution in [0.2, 0.25) is 5.02 Å². The van der Waals surface area contributed by atoms with Gasteiger partial charge in [0.25, 0.3) is 0 Å². The number of aromatic nitrogens is 1. The molecule has 2 aromatic carbocycles. The summed E-state index contributed by atoms with van der Waals surface area (Å²) >= 11 is 6.29. The second-order valence-corrected chi connectivity index (χ2v) is 9.67. The molecule has 0 spiro atoms. The molecule has 1 N–H and O–H groups in total. The Morgan fingerprint density at radius 2 is 2.00 bits per heavy atom. The fourth-order valence-corrected chi connectivity index (χ4v) is 5.59. The highest BCUT2D eigenvalue weighted by Crippen LogP contribution is 2.39.